The third-order valence-electron chi connectivity index (χ3n) is 4.73. The lowest BCUT2D eigenvalue weighted by atomic mass is 9.89. The lowest BCUT2D eigenvalue weighted by Crippen LogP contribution is -2.54. The van der Waals surface area contributed by atoms with Crippen molar-refractivity contribution < 1.29 is 9.90 Å². The zero-order chi connectivity index (χ0) is 17.9. The van der Waals surface area contributed by atoms with Gasteiger partial charge < -0.3 is 15.3 Å². The largest absolute Gasteiger partial charge is 0.392 e. The van der Waals surface area contributed by atoms with Crippen LogP contribution >= 0.6 is 0 Å². The van der Waals surface area contributed by atoms with Gasteiger partial charge in [-0.1, -0.05) is 6.07 Å². The Morgan fingerprint density at radius 3 is 2.68 bits per heavy atom. The second kappa shape index (κ2) is 7.33. The minimum absolute atomic E-state index is 0.148. The standard InChI is InChI=1S/C18H25N5O2/c1-13(24)12-23-7-5-18(2,6-8-23)22-17(25)16-4-3-14(9-19-16)15-10-20-21-11-15/h3-4,9-11,13,24H,5-8,12H2,1-2H3,(H,20,21)(H,22,25). The SMILES string of the molecule is CC(O)CN1CCC(C)(NC(=O)c2ccc(-c3cn[nH]c3)cn2)CC1. The molecule has 3 heterocycles. The maximum Gasteiger partial charge on any atom is 0.270 e. The molecule has 3 N–H and O–H groups in total. The molecule has 0 radical (unpaired) electrons. The number of hydrogen-bond donors (Lipinski definition) is 3. The molecular weight excluding hydrogens is 318 g/mol. The summed E-state index contributed by atoms with van der Waals surface area (Å²) >= 11 is 0. The number of aromatic amines is 1. The Labute approximate surface area is 147 Å². The summed E-state index contributed by atoms with van der Waals surface area (Å²) in [5.74, 6) is -0.148. The third kappa shape index (κ3) is 4.43. The van der Waals surface area contributed by atoms with Crippen LogP contribution in [0.1, 0.15) is 37.2 Å². The molecule has 1 amide bonds. The number of β-amino-alcohol motifs (C(OH)–C–C–N with tert-alkyl or cyclic N) is 1. The number of hydrogen-bond acceptors (Lipinski definition) is 5. The Balaban J connectivity index is 1.58. The van der Waals surface area contributed by atoms with Crippen molar-refractivity contribution in [2.75, 3.05) is 19.6 Å². The highest BCUT2D eigenvalue weighted by Gasteiger charge is 2.32. The van der Waals surface area contributed by atoms with Crippen molar-refractivity contribution in [3.63, 3.8) is 0 Å². The molecule has 25 heavy (non-hydrogen) atoms. The Morgan fingerprint density at radius 1 is 1.36 bits per heavy atom. The third-order valence-corrected chi connectivity index (χ3v) is 4.73. The highest BCUT2D eigenvalue weighted by molar-refractivity contribution is 5.93. The second-order valence-electron chi connectivity index (χ2n) is 7.08. The van der Waals surface area contributed by atoms with E-state index >= 15 is 0 Å². The topological polar surface area (TPSA) is 94.1 Å². The van der Waals surface area contributed by atoms with Crippen LogP contribution in [-0.2, 0) is 0 Å². The highest BCUT2D eigenvalue weighted by atomic mass is 16.3. The Kier molecular flexibility index (Phi) is 5.15. The lowest BCUT2D eigenvalue weighted by molar-refractivity contribution is 0.0722. The molecule has 1 atom stereocenters. The van der Waals surface area contributed by atoms with Crippen LogP contribution in [0.25, 0.3) is 11.1 Å². The fourth-order valence-corrected chi connectivity index (χ4v) is 3.17. The number of aliphatic hydroxyl groups excluding tert-OH is 1. The smallest absolute Gasteiger partial charge is 0.270 e. The van der Waals surface area contributed by atoms with Crippen molar-refractivity contribution in [2.45, 2.75) is 38.3 Å². The van der Waals surface area contributed by atoms with E-state index in [9.17, 15) is 9.90 Å². The Bertz CT molecular complexity index is 689. The van der Waals surface area contributed by atoms with Crippen molar-refractivity contribution in [1.82, 2.24) is 25.4 Å². The van der Waals surface area contributed by atoms with Crippen LogP contribution in [0.4, 0.5) is 0 Å². The van der Waals surface area contributed by atoms with E-state index < -0.39 is 0 Å². The van der Waals surface area contributed by atoms with Gasteiger partial charge in [-0.2, -0.15) is 5.10 Å². The van der Waals surface area contributed by atoms with Gasteiger partial charge in [0.25, 0.3) is 5.91 Å². The van der Waals surface area contributed by atoms with E-state index in [4.69, 9.17) is 0 Å². The number of likely N-dealkylation sites (tertiary alicyclic amines) is 1. The van der Waals surface area contributed by atoms with E-state index in [0.717, 1.165) is 37.1 Å². The number of H-pyrrole nitrogens is 1. The molecule has 7 nitrogen and oxygen atoms in total. The van der Waals surface area contributed by atoms with Gasteiger partial charge in [0.15, 0.2) is 0 Å². The minimum Gasteiger partial charge on any atom is -0.392 e. The number of carbonyl (C=O) groups is 1. The number of piperidine rings is 1. The van der Waals surface area contributed by atoms with Crippen molar-refractivity contribution in [2.24, 2.45) is 0 Å². The summed E-state index contributed by atoms with van der Waals surface area (Å²) in [6.07, 6.45) is 6.60. The van der Waals surface area contributed by atoms with Gasteiger partial charge in [0, 0.05) is 48.7 Å². The monoisotopic (exact) mass is 343 g/mol. The molecule has 1 fully saturated rings. The average Bonchev–Trinajstić information content (AvgIpc) is 3.11. The first-order valence-corrected chi connectivity index (χ1v) is 8.63. The quantitative estimate of drug-likeness (QED) is 0.764. The number of aliphatic hydroxyl groups is 1. The van der Waals surface area contributed by atoms with E-state index in [1.165, 1.54) is 0 Å². The number of amides is 1. The van der Waals surface area contributed by atoms with Gasteiger partial charge >= 0.3 is 0 Å². The molecule has 7 heteroatoms. The van der Waals surface area contributed by atoms with Crippen LogP contribution in [0.5, 0.6) is 0 Å². The average molecular weight is 343 g/mol. The number of rotatable bonds is 5. The zero-order valence-corrected chi connectivity index (χ0v) is 14.7. The van der Waals surface area contributed by atoms with Crippen LogP contribution in [0, 0.1) is 0 Å². The van der Waals surface area contributed by atoms with Crippen molar-refractivity contribution >= 4 is 5.91 Å². The summed E-state index contributed by atoms with van der Waals surface area (Å²) in [6, 6.07) is 3.62. The molecule has 1 saturated heterocycles. The van der Waals surface area contributed by atoms with E-state index in [1.54, 1.807) is 31.6 Å². The minimum atomic E-state index is -0.322. The molecule has 1 unspecified atom stereocenters. The number of nitrogens with zero attached hydrogens (tertiary/aromatic N) is 3. The van der Waals surface area contributed by atoms with E-state index in [1.807, 2.05) is 6.07 Å². The molecular formula is C18H25N5O2. The van der Waals surface area contributed by atoms with Crippen molar-refractivity contribution in [3.8, 4) is 11.1 Å². The second-order valence-corrected chi connectivity index (χ2v) is 7.08. The zero-order valence-electron chi connectivity index (χ0n) is 14.7. The van der Waals surface area contributed by atoms with Crippen LogP contribution in [-0.4, -0.2) is 62.4 Å². The number of pyridine rings is 1. The summed E-state index contributed by atoms with van der Waals surface area (Å²) in [6.45, 7) is 6.29. The highest BCUT2D eigenvalue weighted by Crippen LogP contribution is 2.23. The molecule has 0 aromatic carbocycles. The van der Waals surface area contributed by atoms with Crippen molar-refractivity contribution in [3.05, 3.63) is 36.4 Å². The summed E-state index contributed by atoms with van der Waals surface area (Å²) < 4.78 is 0. The maximum atomic E-state index is 12.5. The van der Waals surface area contributed by atoms with Gasteiger partial charge in [0.1, 0.15) is 5.69 Å². The fourth-order valence-electron chi connectivity index (χ4n) is 3.17. The van der Waals surface area contributed by atoms with Gasteiger partial charge in [0.05, 0.1) is 12.3 Å². The molecule has 2 aromatic heterocycles. The Hall–Kier alpha value is -2.25. The number of aromatic nitrogens is 3. The Morgan fingerprint density at radius 2 is 2.12 bits per heavy atom. The molecule has 134 valence electrons. The fraction of sp³-hybridized carbons (Fsp3) is 0.500. The first-order valence-electron chi connectivity index (χ1n) is 8.63. The van der Waals surface area contributed by atoms with E-state index in [-0.39, 0.29) is 17.6 Å². The maximum absolute atomic E-state index is 12.5. The summed E-state index contributed by atoms with van der Waals surface area (Å²) in [4.78, 5) is 19.1. The van der Waals surface area contributed by atoms with Gasteiger partial charge in [-0.05, 0) is 32.8 Å². The van der Waals surface area contributed by atoms with Gasteiger partial charge in [0.2, 0.25) is 0 Å². The summed E-state index contributed by atoms with van der Waals surface area (Å²) in [7, 11) is 0. The van der Waals surface area contributed by atoms with Gasteiger partial charge in [-0.3, -0.25) is 14.9 Å². The molecule has 1 aliphatic heterocycles. The first kappa shape index (κ1) is 17.6. The molecule has 2 aromatic rings. The molecule has 3 rings (SSSR count). The molecule has 0 spiro atoms. The summed E-state index contributed by atoms with van der Waals surface area (Å²) in [5, 5.41) is 19.3. The van der Waals surface area contributed by atoms with Crippen LogP contribution in [0.15, 0.2) is 30.7 Å². The van der Waals surface area contributed by atoms with Crippen molar-refractivity contribution in [1.29, 1.82) is 0 Å². The van der Waals surface area contributed by atoms with Crippen LogP contribution in [0.3, 0.4) is 0 Å². The predicted octanol–water partition coefficient (Wildman–Crippen LogP) is 1.44. The van der Waals surface area contributed by atoms with E-state index in [2.05, 4.69) is 32.3 Å². The normalized spacial score (nSPS) is 18.7. The molecule has 0 bridgehead atoms. The van der Waals surface area contributed by atoms with Crippen LogP contribution in [0.2, 0.25) is 0 Å². The van der Waals surface area contributed by atoms with Gasteiger partial charge in [-0.15, -0.1) is 0 Å². The number of nitrogens with one attached hydrogen (secondary N) is 2. The van der Waals surface area contributed by atoms with Crippen LogP contribution < -0.4 is 5.32 Å². The first-order chi connectivity index (χ1) is 12.0. The van der Waals surface area contributed by atoms with E-state index in [0.29, 0.717) is 12.2 Å². The number of carbonyl (C=O) groups excluding carboxylic acids is 1. The molecule has 1 aliphatic rings. The predicted molar refractivity (Wildman–Crippen MR) is 95.0 cm³/mol. The summed E-state index contributed by atoms with van der Waals surface area (Å²) in [5.41, 5.74) is 2.04. The molecule has 0 aliphatic carbocycles. The lowest BCUT2D eigenvalue weighted by Gasteiger charge is -2.40. The molecule has 0 saturated carbocycles. The van der Waals surface area contributed by atoms with Gasteiger partial charge in [-0.25, -0.2) is 0 Å².